The van der Waals surface area contributed by atoms with E-state index in [4.69, 9.17) is 4.74 Å². The highest BCUT2D eigenvalue weighted by Gasteiger charge is 2.45. The number of nitrogens with one attached hydrogen (secondary N) is 2. The number of halogens is 3. The molecule has 1 unspecified atom stereocenters. The van der Waals surface area contributed by atoms with Crippen LogP contribution in [-0.4, -0.2) is 44.4 Å². The van der Waals surface area contributed by atoms with Gasteiger partial charge in [0, 0.05) is 5.69 Å². The number of benzene rings is 1. The van der Waals surface area contributed by atoms with Crippen molar-refractivity contribution in [3.8, 4) is 5.75 Å². The molecule has 128 valence electrons. The summed E-state index contributed by atoms with van der Waals surface area (Å²) in [4.78, 5) is 23.0. The van der Waals surface area contributed by atoms with Gasteiger partial charge in [-0.3, -0.25) is 4.79 Å². The van der Waals surface area contributed by atoms with E-state index >= 15 is 0 Å². The van der Waals surface area contributed by atoms with Gasteiger partial charge in [0.25, 0.3) is 5.91 Å². The first-order chi connectivity index (χ1) is 10.7. The van der Waals surface area contributed by atoms with Gasteiger partial charge in [0.05, 0.1) is 14.2 Å². The van der Waals surface area contributed by atoms with Crippen LogP contribution in [0.5, 0.6) is 5.75 Å². The number of methoxy groups -OCH3 is 2. The number of ether oxygens (including phenoxy) is 2. The lowest BCUT2D eigenvalue weighted by molar-refractivity contribution is -0.161. The number of hydrogen-bond acceptors (Lipinski definition) is 5. The quantitative estimate of drug-likeness (QED) is 0.775. The highest BCUT2D eigenvalue weighted by Crippen LogP contribution is 2.25. The summed E-state index contributed by atoms with van der Waals surface area (Å²) in [5, 5.41) is 4.05. The maximum atomic E-state index is 13.1. The van der Waals surface area contributed by atoms with Gasteiger partial charge in [-0.1, -0.05) is 0 Å². The summed E-state index contributed by atoms with van der Waals surface area (Å²) in [6.45, 7) is 1.23. The van der Waals surface area contributed by atoms with E-state index in [0.29, 0.717) is 5.75 Å². The summed E-state index contributed by atoms with van der Waals surface area (Å²) in [5.74, 6) is -1.77. The third-order valence-electron chi connectivity index (χ3n) is 2.90. The average Bonchev–Trinajstić information content (AvgIpc) is 2.50. The van der Waals surface area contributed by atoms with Crippen molar-refractivity contribution in [3.05, 3.63) is 24.3 Å². The molecule has 0 spiro atoms. The topological polar surface area (TPSA) is 76.7 Å². The Bertz CT molecular complexity index is 546. The summed E-state index contributed by atoms with van der Waals surface area (Å²) >= 11 is 0. The lowest BCUT2D eigenvalue weighted by Crippen LogP contribution is -2.52. The molecule has 1 amide bonds. The summed E-state index contributed by atoms with van der Waals surface area (Å²) in [7, 11) is 2.49. The fourth-order valence-electron chi connectivity index (χ4n) is 1.68. The van der Waals surface area contributed by atoms with Crippen molar-refractivity contribution in [2.75, 3.05) is 19.5 Å². The molecule has 1 rings (SSSR count). The van der Waals surface area contributed by atoms with Crippen LogP contribution in [-0.2, 0) is 14.3 Å². The van der Waals surface area contributed by atoms with Crippen molar-refractivity contribution < 1.29 is 32.2 Å². The minimum absolute atomic E-state index is 0.0778. The normalized spacial score (nSPS) is 13.7. The molecule has 9 heteroatoms. The second-order valence-corrected chi connectivity index (χ2v) is 4.60. The first kappa shape index (κ1) is 18.6. The molecule has 0 radical (unpaired) electrons. The number of amides is 1. The molecular weight excluding hydrogens is 317 g/mol. The maximum Gasteiger partial charge on any atom is 0.417 e. The Labute approximate surface area is 130 Å². The number of anilines is 1. The highest BCUT2D eigenvalue weighted by molar-refractivity contribution is 5.89. The van der Waals surface area contributed by atoms with Crippen LogP contribution in [0.2, 0.25) is 0 Å². The van der Waals surface area contributed by atoms with Crippen LogP contribution in [0.1, 0.15) is 6.92 Å². The Hall–Kier alpha value is -2.45. The second kappa shape index (κ2) is 7.70. The largest absolute Gasteiger partial charge is 0.497 e. The predicted octanol–water partition coefficient (Wildman–Crippen LogP) is 1.72. The molecular formula is C14H17F3N2O4. The van der Waals surface area contributed by atoms with Gasteiger partial charge >= 0.3 is 12.1 Å². The molecule has 0 aliphatic heterocycles. The van der Waals surface area contributed by atoms with Crippen molar-refractivity contribution in [2.45, 2.75) is 25.2 Å². The molecule has 2 N–H and O–H groups in total. The summed E-state index contributed by atoms with van der Waals surface area (Å²) < 4.78 is 48.5. The van der Waals surface area contributed by atoms with Gasteiger partial charge in [-0.05, 0) is 31.2 Å². The van der Waals surface area contributed by atoms with E-state index in [1.54, 1.807) is 0 Å². The summed E-state index contributed by atoms with van der Waals surface area (Å²) in [5.41, 5.74) is 0.0778. The van der Waals surface area contributed by atoms with E-state index in [9.17, 15) is 22.8 Å². The van der Waals surface area contributed by atoms with Crippen molar-refractivity contribution in [3.63, 3.8) is 0 Å². The molecule has 0 fully saturated rings. The summed E-state index contributed by atoms with van der Waals surface area (Å²) in [6, 6.07) is 1.87. The number of carbonyl (C=O) groups excluding carboxylic acids is 2. The Morgan fingerprint density at radius 3 is 2.13 bits per heavy atom. The lowest BCUT2D eigenvalue weighted by Gasteiger charge is -2.23. The van der Waals surface area contributed by atoms with Gasteiger partial charge in [0.15, 0.2) is 0 Å². The average molecular weight is 334 g/mol. The van der Waals surface area contributed by atoms with Crippen molar-refractivity contribution >= 4 is 17.6 Å². The van der Waals surface area contributed by atoms with Gasteiger partial charge in [-0.15, -0.1) is 0 Å². The Kier molecular flexibility index (Phi) is 6.23. The molecule has 0 aliphatic carbocycles. The highest BCUT2D eigenvalue weighted by atomic mass is 19.4. The van der Waals surface area contributed by atoms with Crippen LogP contribution >= 0.6 is 0 Å². The first-order valence-corrected chi connectivity index (χ1v) is 6.54. The fourth-order valence-corrected chi connectivity index (χ4v) is 1.68. The van der Waals surface area contributed by atoms with E-state index in [1.165, 1.54) is 38.3 Å². The Morgan fingerprint density at radius 1 is 1.13 bits per heavy atom. The van der Waals surface area contributed by atoms with E-state index in [0.717, 1.165) is 7.11 Å². The molecule has 0 saturated carbocycles. The third-order valence-corrected chi connectivity index (χ3v) is 2.90. The van der Waals surface area contributed by atoms with Gasteiger partial charge in [-0.2, -0.15) is 13.2 Å². The molecule has 0 aromatic heterocycles. The lowest BCUT2D eigenvalue weighted by atomic mass is 10.2. The molecule has 1 aromatic carbocycles. The molecule has 0 saturated heterocycles. The van der Waals surface area contributed by atoms with E-state index < -0.39 is 30.1 Å². The van der Waals surface area contributed by atoms with Gasteiger partial charge < -0.3 is 20.1 Å². The zero-order chi connectivity index (χ0) is 17.6. The summed E-state index contributed by atoms with van der Waals surface area (Å²) in [6.07, 6.45) is -4.85. The van der Waals surface area contributed by atoms with E-state index in [1.807, 2.05) is 5.32 Å². The Balaban J connectivity index is 2.87. The van der Waals surface area contributed by atoms with Crippen molar-refractivity contribution in [2.24, 2.45) is 0 Å². The van der Waals surface area contributed by atoms with Crippen LogP contribution in [0.15, 0.2) is 24.3 Å². The van der Waals surface area contributed by atoms with Crippen LogP contribution in [0.3, 0.4) is 0 Å². The maximum absolute atomic E-state index is 13.1. The van der Waals surface area contributed by atoms with E-state index in [2.05, 4.69) is 10.1 Å². The third kappa shape index (κ3) is 5.35. The number of hydrogen-bond donors (Lipinski definition) is 2. The van der Waals surface area contributed by atoms with Crippen LogP contribution in [0, 0.1) is 0 Å². The molecule has 23 heavy (non-hydrogen) atoms. The molecule has 0 aliphatic rings. The number of rotatable bonds is 6. The van der Waals surface area contributed by atoms with E-state index in [-0.39, 0.29) is 5.69 Å². The smallest absolute Gasteiger partial charge is 0.417 e. The minimum atomic E-state index is -4.85. The van der Waals surface area contributed by atoms with Crippen molar-refractivity contribution in [1.29, 1.82) is 0 Å². The molecule has 1 aromatic rings. The van der Waals surface area contributed by atoms with Gasteiger partial charge in [-0.25, -0.2) is 4.79 Å². The van der Waals surface area contributed by atoms with Crippen LogP contribution in [0.25, 0.3) is 0 Å². The predicted molar refractivity (Wildman–Crippen MR) is 76.1 cm³/mol. The second-order valence-electron chi connectivity index (χ2n) is 4.60. The molecule has 6 nitrogen and oxygen atoms in total. The molecule has 0 bridgehead atoms. The zero-order valence-electron chi connectivity index (χ0n) is 12.7. The monoisotopic (exact) mass is 334 g/mol. The SMILES string of the molecule is COC(=O)C(C)NC(=O)[C@H](Nc1ccc(OC)cc1)C(F)(F)F. The first-order valence-electron chi connectivity index (χ1n) is 6.54. The minimum Gasteiger partial charge on any atom is -0.497 e. The molecule has 0 heterocycles. The standard InChI is InChI=1S/C14H17F3N2O4/c1-8(13(21)23-3)18-12(20)11(14(15,16)17)19-9-4-6-10(22-2)7-5-9/h4-8,11,19H,1-3H3,(H,18,20)/t8?,11-/m0/s1. The number of alkyl halides is 3. The zero-order valence-corrected chi connectivity index (χ0v) is 12.7. The number of esters is 1. The Morgan fingerprint density at radius 2 is 1.70 bits per heavy atom. The van der Waals surface area contributed by atoms with Gasteiger partial charge in [0.2, 0.25) is 6.04 Å². The molecule has 2 atom stereocenters. The van der Waals surface area contributed by atoms with Crippen molar-refractivity contribution in [1.82, 2.24) is 5.32 Å². The fraction of sp³-hybridized carbons (Fsp3) is 0.429. The van der Waals surface area contributed by atoms with Crippen LogP contribution in [0.4, 0.5) is 18.9 Å². The van der Waals surface area contributed by atoms with Gasteiger partial charge in [0.1, 0.15) is 11.8 Å². The number of carbonyl (C=O) groups is 2. The van der Waals surface area contributed by atoms with Crippen LogP contribution < -0.4 is 15.4 Å².